The van der Waals surface area contributed by atoms with Crippen LogP contribution in [-0.4, -0.2) is 63.6 Å². The van der Waals surface area contributed by atoms with E-state index in [-0.39, 0.29) is 17.5 Å². The molecule has 106 valence electrons. The van der Waals surface area contributed by atoms with E-state index in [1.165, 1.54) is 4.31 Å². The minimum absolute atomic E-state index is 0.103. The minimum Gasteiger partial charge on any atom is -0.314 e. The zero-order valence-electron chi connectivity index (χ0n) is 10.5. The average molecular weight is 296 g/mol. The molecule has 1 atom stereocenters. The molecule has 0 amide bonds. The monoisotopic (exact) mass is 296 g/mol. The van der Waals surface area contributed by atoms with Gasteiger partial charge < -0.3 is 5.32 Å². The van der Waals surface area contributed by atoms with Crippen molar-refractivity contribution < 1.29 is 16.8 Å². The molecule has 0 spiro atoms. The van der Waals surface area contributed by atoms with Crippen molar-refractivity contribution in [3.05, 3.63) is 0 Å². The first kappa shape index (κ1) is 14.2. The molecule has 2 rings (SSSR count). The molecule has 0 bridgehead atoms. The van der Waals surface area contributed by atoms with E-state index in [1.54, 1.807) is 6.92 Å². The third-order valence-electron chi connectivity index (χ3n) is 3.71. The van der Waals surface area contributed by atoms with Gasteiger partial charge in [-0.3, -0.25) is 0 Å². The number of nitrogens with zero attached hydrogens (tertiary/aromatic N) is 1. The molecule has 0 aromatic heterocycles. The Balaban J connectivity index is 2.16. The first-order chi connectivity index (χ1) is 8.33. The second-order valence-electron chi connectivity index (χ2n) is 5.05. The normalized spacial score (nSPS) is 33.9. The van der Waals surface area contributed by atoms with Crippen LogP contribution < -0.4 is 5.32 Å². The lowest BCUT2D eigenvalue weighted by Crippen LogP contribution is -2.47. The van der Waals surface area contributed by atoms with Crippen LogP contribution in [-0.2, 0) is 19.9 Å². The number of hydrogen-bond acceptors (Lipinski definition) is 5. The summed E-state index contributed by atoms with van der Waals surface area (Å²) < 4.78 is 49.0. The summed E-state index contributed by atoms with van der Waals surface area (Å²) in [6.45, 7) is 3.23. The van der Waals surface area contributed by atoms with E-state index in [2.05, 4.69) is 5.32 Å². The van der Waals surface area contributed by atoms with Gasteiger partial charge in [-0.1, -0.05) is 0 Å². The van der Waals surface area contributed by atoms with Crippen molar-refractivity contribution in [1.29, 1.82) is 0 Å². The summed E-state index contributed by atoms with van der Waals surface area (Å²) in [6, 6.07) is -0.152. The van der Waals surface area contributed by atoms with Crippen LogP contribution in [0.1, 0.15) is 19.8 Å². The molecule has 2 aliphatic rings. The molecular weight excluding hydrogens is 276 g/mol. The summed E-state index contributed by atoms with van der Waals surface area (Å²) in [5.74, 6) is 0.205. The van der Waals surface area contributed by atoms with Crippen LogP contribution in [0.25, 0.3) is 0 Å². The highest BCUT2D eigenvalue weighted by Crippen LogP contribution is 2.23. The van der Waals surface area contributed by atoms with Crippen LogP contribution in [0.2, 0.25) is 0 Å². The summed E-state index contributed by atoms with van der Waals surface area (Å²) in [7, 11) is -6.25. The van der Waals surface area contributed by atoms with Gasteiger partial charge in [-0.25, -0.2) is 16.8 Å². The van der Waals surface area contributed by atoms with Crippen LogP contribution in [0, 0.1) is 0 Å². The van der Waals surface area contributed by atoms with Crippen LogP contribution in [0.4, 0.5) is 0 Å². The highest BCUT2D eigenvalue weighted by Gasteiger charge is 2.38. The minimum atomic E-state index is -3.30. The van der Waals surface area contributed by atoms with E-state index >= 15 is 0 Å². The number of hydrogen-bond donors (Lipinski definition) is 1. The Kier molecular flexibility index (Phi) is 4.01. The summed E-state index contributed by atoms with van der Waals surface area (Å²) in [5, 5.41) is 2.65. The van der Waals surface area contributed by atoms with Gasteiger partial charge in [0, 0.05) is 25.7 Å². The number of rotatable bonds is 1. The maximum atomic E-state index is 12.3. The summed E-state index contributed by atoms with van der Waals surface area (Å²) in [4.78, 5) is 0. The number of sulfone groups is 1. The Morgan fingerprint density at radius 1 is 1.11 bits per heavy atom. The van der Waals surface area contributed by atoms with Gasteiger partial charge in [-0.15, -0.1) is 0 Å². The van der Waals surface area contributed by atoms with Crippen molar-refractivity contribution in [3.63, 3.8) is 0 Å². The smallest absolute Gasteiger partial charge is 0.218 e. The Morgan fingerprint density at radius 2 is 1.72 bits per heavy atom. The van der Waals surface area contributed by atoms with E-state index in [1.807, 2.05) is 0 Å². The zero-order valence-corrected chi connectivity index (χ0v) is 12.1. The molecule has 0 aromatic rings. The molecule has 2 heterocycles. The van der Waals surface area contributed by atoms with Crippen LogP contribution in [0.3, 0.4) is 0 Å². The molecule has 2 aliphatic heterocycles. The predicted octanol–water partition coefficient (Wildman–Crippen LogP) is -0.813. The van der Waals surface area contributed by atoms with Crippen LogP contribution in [0.15, 0.2) is 0 Å². The van der Waals surface area contributed by atoms with Gasteiger partial charge in [0.2, 0.25) is 10.0 Å². The topological polar surface area (TPSA) is 83.6 Å². The number of sulfonamides is 1. The molecule has 2 fully saturated rings. The van der Waals surface area contributed by atoms with Gasteiger partial charge in [0.1, 0.15) is 9.84 Å². The van der Waals surface area contributed by atoms with Gasteiger partial charge >= 0.3 is 0 Å². The lowest BCUT2D eigenvalue weighted by atomic mass is 10.1. The van der Waals surface area contributed by atoms with E-state index in [4.69, 9.17) is 0 Å². The van der Waals surface area contributed by atoms with E-state index in [9.17, 15) is 16.8 Å². The first-order valence-corrected chi connectivity index (χ1v) is 9.57. The van der Waals surface area contributed by atoms with Gasteiger partial charge in [-0.05, 0) is 19.8 Å². The van der Waals surface area contributed by atoms with Crippen LogP contribution in [0.5, 0.6) is 0 Å². The molecule has 0 saturated carbocycles. The van der Waals surface area contributed by atoms with Crippen molar-refractivity contribution >= 4 is 19.9 Å². The maximum Gasteiger partial charge on any atom is 0.218 e. The van der Waals surface area contributed by atoms with E-state index < -0.39 is 25.1 Å². The van der Waals surface area contributed by atoms with Gasteiger partial charge in [0.25, 0.3) is 0 Å². The number of nitrogens with one attached hydrogen (secondary N) is 1. The summed E-state index contributed by atoms with van der Waals surface area (Å²) >= 11 is 0. The third kappa shape index (κ3) is 2.87. The predicted molar refractivity (Wildman–Crippen MR) is 69.6 cm³/mol. The van der Waals surface area contributed by atoms with Crippen molar-refractivity contribution in [2.75, 3.05) is 31.1 Å². The Bertz CT molecular complexity index is 486. The van der Waals surface area contributed by atoms with Crippen molar-refractivity contribution in [2.45, 2.75) is 31.1 Å². The molecule has 0 aromatic carbocycles. The molecule has 8 heteroatoms. The standard InChI is InChI=1S/C10H20N2O4S2/c1-9-8-11-4-5-12(18(9,15)16)10-2-6-17(13,14)7-3-10/h9-11H,2-8H2,1H3. The highest BCUT2D eigenvalue weighted by molar-refractivity contribution is 7.91. The average Bonchev–Trinajstić information content (AvgIpc) is 2.41. The molecule has 2 saturated heterocycles. The second-order valence-corrected chi connectivity index (χ2v) is 9.66. The summed E-state index contributed by atoms with van der Waals surface area (Å²) in [6.07, 6.45) is 0.850. The van der Waals surface area contributed by atoms with Gasteiger partial charge in [0.05, 0.1) is 16.8 Å². The molecule has 1 N–H and O–H groups in total. The SMILES string of the molecule is CC1CNCCN(C2CCS(=O)(=O)CC2)S1(=O)=O. The molecule has 6 nitrogen and oxygen atoms in total. The van der Waals surface area contributed by atoms with Crippen molar-refractivity contribution in [2.24, 2.45) is 0 Å². The van der Waals surface area contributed by atoms with Crippen molar-refractivity contribution in [3.8, 4) is 0 Å². The first-order valence-electron chi connectivity index (χ1n) is 6.25. The molecule has 0 radical (unpaired) electrons. The van der Waals surface area contributed by atoms with Gasteiger partial charge in [-0.2, -0.15) is 4.31 Å². The fourth-order valence-electron chi connectivity index (χ4n) is 2.51. The lowest BCUT2D eigenvalue weighted by molar-refractivity contribution is 0.303. The Morgan fingerprint density at radius 3 is 2.33 bits per heavy atom. The zero-order chi connectivity index (χ0) is 13.4. The summed E-state index contributed by atoms with van der Waals surface area (Å²) in [5.41, 5.74) is 0. The highest BCUT2D eigenvalue weighted by atomic mass is 32.2. The molecule has 18 heavy (non-hydrogen) atoms. The van der Waals surface area contributed by atoms with Gasteiger partial charge in [0.15, 0.2) is 0 Å². The lowest BCUT2D eigenvalue weighted by Gasteiger charge is -2.33. The largest absolute Gasteiger partial charge is 0.314 e. The molecular formula is C10H20N2O4S2. The fourth-order valence-corrected chi connectivity index (χ4v) is 5.74. The second kappa shape index (κ2) is 5.07. The maximum absolute atomic E-state index is 12.3. The van der Waals surface area contributed by atoms with Crippen molar-refractivity contribution in [1.82, 2.24) is 9.62 Å². The van der Waals surface area contributed by atoms with Crippen LogP contribution >= 0.6 is 0 Å². The third-order valence-corrected chi connectivity index (χ3v) is 7.74. The fraction of sp³-hybridized carbons (Fsp3) is 1.00. The Hall–Kier alpha value is -0.180. The Labute approximate surface area is 109 Å². The van der Waals surface area contributed by atoms with E-state index in [0.717, 1.165) is 0 Å². The quantitative estimate of drug-likeness (QED) is 0.684. The molecule has 1 unspecified atom stereocenters. The van der Waals surface area contributed by atoms with E-state index in [0.29, 0.717) is 32.5 Å². The molecule has 0 aliphatic carbocycles.